The highest BCUT2D eigenvalue weighted by Crippen LogP contribution is 2.21. The van der Waals surface area contributed by atoms with Crippen LogP contribution in [-0.4, -0.2) is 46.7 Å². The molecule has 6 heteroatoms. The molecule has 0 bridgehead atoms. The molecule has 0 saturated carbocycles. The van der Waals surface area contributed by atoms with Gasteiger partial charge in [-0.2, -0.15) is 5.10 Å². The van der Waals surface area contributed by atoms with E-state index in [1.54, 1.807) is 12.5 Å². The Morgan fingerprint density at radius 3 is 2.48 bits per heavy atom. The molecule has 0 N–H and O–H groups in total. The van der Waals surface area contributed by atoms with Crippen molar-refractivity contribution in [1.29, 1.82) is 0 Å². The van der Waals surface area contributed by atoms with Crippen LogP contribution in [0.15, 0.2) is 78.4 Å². The summed E-state index contributed by atoms with van der Waals surface area (Å²) in [6.45, 7) is 3.16. The van der Waals surface area contributed by atoms with Crippen molar-refractivity contribution in [2.75, 3.05) is 26.3 Å². The number of hydrogen-bond donors (Lipinski definition) is 0. The van der Waals surface area contributed by atoms with Crippen LogP contribution in [0.3, 0.4) is 0 Å². The minimum atomic E-state index is 0.574. The largest absolute Gasteiger partial charge is 0.493 e. The number of hydrogen-bond acceptors (Lipinski definition) is 5. The fourth-order valence-corrected chi connectivity index (χ4v) is 3.29. The number of benzene rings is 2. The van der Waals surface area contributed by atoms with Crippen molar-refractivity contribution in [3.63, 3.8) is 0 Å². The van der Waals surface area contributed by atoms with Gasteiger partial charge in [-0.15, -0.1) is 0 Å². The van der Waals surface area contributed by atoms with Crippen LogP contribution in [0.1, 0.15) is 24.8 Å². The third-order valence-corrected chi connectivity index (χ3v) is 4.75. The Morgan fingerprint density at radius 1 is 0.931 bits per heavy atom. The van der Waals surface area contributed by atoms with E-state index in [2.05, 4.69) is 9.99 Å². The Balaban J connectivity index is 1.43. The molecule has 0 unspecified atom stereocenters. The predicted molar refractivity (Wildman–Crippen MR) is 113 cm³/mol. The fourth-order valence-electron chi connectivity index (χ4n) is 3.29. The highest BCUT2D eigenvalue weighted by molar-refractivity contribution is 6.02. The summed E-state index contributed by atoms with van der Waals surface area (Å²) in [7, 11) is 0. The lowest BCUT2D eigenvalue weighted by Gasteiger charge is -2.17. The molecule has 1 aliphatic heterocycles. The quantitative estimate of drug-likeness (QED) is 0.331. The maximum Gasteiger partial charge on any atom is 0.169 e. The molecular weight excluding hydrogens is 364 g/mol. The molecular formula is C23H26N4O2. The summed E-state index contributed by atoms with van der Waals surface area (Å²) in [6, 6.07) is 17.9. The van der Waals surface area contributed by atoms with Gasteiger partial charge in [0.25, 0.3) is 0 Å². The first kappa shape index (κ1) is 19.1. The minimum Gasteiger partial charge on any atom is -0.493 e. The van der Waals surface area contributed by atoms with Crippen molar-refractivity contribution in [3.8, 4) is 11.5 Å². The molecule has 0 atom stereocenters. The van der Waals surface area contributed by atoms with E-state index >= 15 is 0 Å². The zero-order valence-corrected chi connectivity index (χ0v) is 16.5. The maximum atomic E-state index is 6.11. The Morgan fingerprint density at radius 2 is 1.69 bits per heavy atom. The van der Waals surface area contributed by atoms with Gasteiger partial charge in [0.1, 0.15) is 17.8 Å². The van der Waals surface area contributed by atoms with Gasteiger partial charge in [0.15, 0.2) is 5.84 Å². The summed E-state index contributed by atoms with van der Waals surface area (Å²) in [5, 5.41) is 7.03. The summed E-state index contributed by atoms with van der Waals surface area (Å²) < 4.78 is 13.8. The Kier molecular flexibility index (Phi) is 6.42. The molecule has 0 radical (unpaired) electrons. The smallest absolute Gasteiger partial charge is 0.169 e. The van der Waals surface area contributed by atoms with Crippen LogP contribution >= 0.6 is 0 Å². The van der Waals surface area contributed by atoms with Crippen LogP contribution in [0.5, 0.6) is 11.5 Å². The number of hydrazone groups is 1. The number of rotatable bonds is 8. The first-order valence-corrected chi connectivity index (χ1v) is 10.1. The molecule has 3 aromatic rings. The molecule has 0 aliphatic carbocycles. The number of para-hydroxylation sites is 2. The van der Waals surface area contributed by atoms with Gasteiger partial charge in [-0.25, -0.2) is 4.98 Å². The van der Waals surface area contributed by atoms with Crippen LogP contribution in [-0.2, 0) is 0 Å². The third-order valence-electron chi connectivity index (χ3n) is 4.75. The first-order chi connectivity index (χ1) is 14.4. The lowest BCUT2D eigenvalue weighted by molar-refractivity contribution is 0.247. The highest BCUT2D eigenvalue weighted by Gasteiger charge is 2.16. The number of aromatic nitrogens is 2. The topological polar surface area (TPSA) is 51.9 Å². The van der Waals surface area contributed by atoms with Gasteiger partial charge in [-0.1, -0.05) is 30.3 Å². The second kappa shape index (κ2) is 9.78. The number of imidazole rings is 1. The molecule has 1 saturated heterocycles. The summed E-state index contributed by atoms with van der Waals surface area (Å²) in [4.78, 5) is 4.19. The zero-order valence-electron chi connectivity index (χ0n) is 16.5. The van der Waals surface area contributed by atoms with Gasteiger partial charge in [0.05, 0.1) is 18.8 Å². The maximum absolute atomic E-state index is 6.11. The second-order valence-corrected chi connectivity index (χ2v) is 6.91. The average molecular weight is 390 g/mol. The van der Waals surface area contributed by atoms with Crippen LogP contribution < -0.4 is 9.47 Å². The molecule has 1 aromatic heterocycles. The van der Waals surface area contributed by atoms with Gasteiger partial charge in [0.2, 0.25) is 0 Å². The monoisotopic (exact) mass is 390 g/mol. The molecule has 0 amide bonds. The van der Waals surface area contributed by atoms with Crippen LogP contribution in [0.2, 0.25) is 0 Å². The molecule has 29 heavy (non-hydrogen) atoms. The van der Waals surface area contributed by atoms with Crippen LogP contribution in [0.4, 0.5) is 0 Å². The third kappa shape index (κ3) is 5.16. The van der Waals surface area contributed by atoms with E-state index in [0.29, 0.717) is 13.2 Å². The van der Waals surface area contributed by atoms with E-state index in [1.807, 2.05) is 65.4 Å². The first-order valence-electron chi connectivity index (χ1n) is 10.1. The van der Waals surface area contributed by atoms with E-state index in [1.165, 1.54) is 12.8 Å². The Labute approximate surface area is 171 Å². The summed E-state index contributed by atoms with van der Waals surface area (Å²) >= 11 is 0. The fraction of sp³-hybridized carbons (Fsp3) is 0.304. The molecule has 1 fully saturated rings. The molecule has 150 valence electrons. The molecule has 0 spiro atoms. The van der Waals surface area contributed by atoms with Gasteiger partial charge in [-0.05, 0) is 37.1 Å². The SMILES string of the molecule is c1ccc(OCCCOc2ccccc2C(=NN2CCCC2)n2ccnc2)cc1. The second-order valence-electron chi connectivity index (χ2n) is 6.91. The highest BCUT2D eigenvalue weighted by atomic mass is 16.5. The van der Waals surface area contributed by atoms with Crippen molar-refractivity contribution in [2.45, 2.75) is 19.3 Å². The predicted octanol–water partition coefficient (Wildman–Crippen LogP) is 4.04. The Bertz CT molecular complexity index is 904. The summed E-state index contributed by atoms with van der Waals surface area (Å²) in [5.74, 6) is 2.53. The number of nitrogens with zero attached hydrogens (tertiary/aromatic N) is 4. The van der Waals surface area contributed by atoms with E-state index in [-0.39, 0.29) is 0 Å². The van der Waals surface area contributed by atoms with E-state index in [9.17, 15) is 0 Å². The lowest BCUT2D eigenvalue weighted by Crippen LogP contribution is -2.21. The van der Waals surface area contributed by atoms with Crippen LogP contribution in [0, 0.1) is 0 Å². The Hall–Kier alpha value is -3.28. The average Bonchev–Trinajstić information content (AvgIpc) is 3.47. The molecule has 4 rings (SSSR count). The van der Waals surface area contributed by atoms with Crippen molar-refractivity contribution in [1.82, 2.24) is 14.6 Å². The zero-order chi connectivity index (χ0) is 19.7. The van der Waals surface area contributed by atoms with E-state index in [4.69, 9.17) is 14.6 Å². The van der Waals surface area contributed by atoms with Crippen molar-refractivity contribution >= 4 is 5.84 Å². The molecule has 1 aliphatic rings. The van der Waals surface area contributed by atoms with Crippen LogP contribution in [0.25, 0.3) is 0 Å². The van der Waals surface area contributed by atoms with E-state index in [0.717, 1.165) is 42.4 Å². The standard InChI is InChI=1S/C23H26N4O2/c1-2-9-20(10-3-1)28-17-8-18-29-22-12-5-4-11-21(22)23(26-16-13-24-19-26)25-27-14-6-7-15-27/h1-5,9-13,16,19H,6-8,14-15,17-18H2. The molecule has 6 nitrogen and oxygen atoms in total. The lowest BCUT2D eigenvalue weighted by atomic mass is 10.2. The van der Waals surface area contributed by atoms with Gasteiger partial charge >= 0.3 is 0 Å². The van der Waals surface area contributed by atoms with Gasteiger partial charge in [0, 0.05) is 31.9 Å². The van der Waals surface area contributed by atoms with Crippen molar-refractivity contribution < 1.29 is 9.47 Å². The van der Waals surface area contributed by atoms with Crippen molar-refractivity contribution in [3.05, 3.63) is 78.9 Å². The normalized spacial score (nSPS) is 14.2. The number of ether oxygens (including phenoxy) is 2. The molecule has 2 aromatic carbocycles. The van der Waals surface area contributed by atoms with Crippen molar-refractivity contribution in [2.24, 2.45) is 5.10 Å². The molecule has 2 heterocycles. The summed E-state index contributed by atoms with van der Waals surface area (Å²) in [6.07, 6.45) is 8.62. The van der Waals surface area contributed by atoms with Gasteiger partial charge in [-0.3, -0.25) is 9.58 Å². The van der Waals surface area contributed by atoms with Gasteiger partial charge < -0.3 is 9.47 Å². The van der Waals surface area contributed by atoms with E-state index < -0.39 is 0 Å². The minimum absolute atomic E-state index is 0.574. The summed E-state index contributed by atoms with van der Waals surface area (Å²) in [5.41, 5.74) is 0.960.